The topological polar surface area (TPSA) is 101 Å². The van der Waals surface area contributed by atoms with Gasteiger partial charge in [-0.1, -0.05) is 54.6 Å². The van der Waals surface area contributed by atoms with E-state index in [4.69, 9.17) is 5.73 Å². The van der Waals surface area contributed by atoms with E-state index in [1.54, 1.807) is 18.2 Å². The number of halogens is 1. The van der Waals surface area contributed by atoms with Crippen molar-refractivity contribution >= 4 is 0 Å². The molecule has 1 aliphatic heterocycles. The Hall–Kier alpha value is -3.92. The number of hydrogen-bond donors (Lipinski definition) is 1. The predicted octanol–water partition coefficient (Wildman–Crippen LogP) is 3.75. The molecule has 2 aromatic carbocycles. The fraction of sp³-hybridized carbons (Fsp3) is 0.240. The van der Waals surface area contributed by atoms with Crippen LogP contribution in [0.4, 0.5) is 4.39 Å². The molecule has 0 bridgehead atoms. The van der Waals surface area contributed by atoms with Gasteiger partial charge in [-0.2, -0.15) is 15.8 Å². The SMILES string of the molecule is N#CC1=C(N)C(C#N)(C#N)[C@H](c2ccccc2F)[C@H]2CN(Cc3ccccc3)CC=C12. The van der Waals surface area contributed by atoms with E-state index in [1.165, 1.54) is 6.07 Å². The number of allylic oxidation sites excluding steroid dienone is 2. The quantitative estimate of drug-likeness (QED) is 0.832. The minimum absolute atomic E-state index is 0.0905. The normalized spacial score (nSPS) is 22.5. The Bertz CT molecular complexity index is 1180. The summed E-state index contributed by atoms with van der Waals surface area (Å²) in [6, 6.07) is 22.3. The second kappa shape index (κ2) is 8.07. The summed E-state index contributed by atoms with van der Waals surface area (Å²) in [5, 5.41) is 30.0. The number of nitrogens with two attached hydrogens (primary N) is 1. The van der Waals surface area contributed by atoms with E-state index in [9.17, 15) is 20.2 Å². The van der Waals surface area contributed by atoms with Gasteiger partial charge in [-0.3, -0.25) is 4.90 Å². The van der Waals surface area contributed by atoms with Gasteiger partial charge in [0.05, 0.1) is 23.4 Å². The number of rotatable bonds is 3. The Morgan fingerprint density at radius 2 is 1.71 bits per heavy atom. The average molecular weight is 409 g/mol. The molecule has 0 unspecified atom stereocenters. The van der Waals surface area contributed by atoms with E-state index in [-0.39, 0.29) is 16.8 Å². The first kappa shape index (κ1) is 20.4. The largest absolute Gasteiger partial charge is 0.399 e. The van der Waals surface area contributed by atoms with Crippen LogP contribution >= 0.6 is 0 Å². The zero-order valence-electron chi connectivity index (χ0n) is 16.8. The Kier molecular flexibility index (Phi) is 5.30. The van der Waals surface area contributed by atoms with Gasteiger partial charge in [0, 0.05) is 31.5 Å². The van der Waals surface area contributed by atoms with Crippen molar-refractivity contribution in [2.75, 3.05) is 13.1 Å². The molecule has 0 fully saturated rings. The maximum atomic E-state index is 14.9. The molecule has 2 atom stereocenters. The smallest absolute Gasteiger partial charge is 0.191 e. The van der Waals surface area contributed by atoms with Gasteiger partial charge in [0.1, 0.15) is 11.9 Å². The van der Waals surface area contributed by atoms with Crippen LogP contribution in [-0.2, 0) is 6.54 Å². The van der Waals surface area contributed by atoms with Crippen molar-refractivity contribution in [3.8, 4) is 18.2 Å². The van der Waals surface area contributed by atoms with Crippen LogP contribution in [0.25, 0.3) is 0 Å². The molecule has 2 aromatic rings. The van der Waals surface area contributed by atoms with Crippen LogP contribution in [0, 0.1) is 51.1 Å². The summed E-state index contributed by atoms with van der Waals surface area (Å²) in [6.45, 7) is 1.73. The lowest BCUT2D eigenvalue weighted by atomic mass is 9.58. The van der Waals surface area contributed by atoms with Crippen LogP contribution in [0.3, 0.4) is 0 Å². The third-order valence-electron chi connectivity index (χ3n) is 6.23. The minimum Gasteiger partial charge on any atom is -0.399 e. The van der Waals surface area contributed by atoms with Crippen molar-refractivity contribution in [3.63, 3.8) is 0 Å². The summed E-state index contributed by atoms with van der Waals surface area (Å²) >= 11 is 0. The lowest BCUT2D eigenvalue weighted by Gasteiger charge is -2.45. The molecule has 152 valence electrons. The summed E-state index contributed by atoms with van der Waals surface area (Å²) < 4.78 is 14.9. The van der Waals surface area contributed by atoms with Gasteiger partial charge in [-0.15, -0.1) is 0 Å². The average Bonchev–Trinajstić information content (AvgIpc) is 2.80. The minimum atomic E-state index is -1.83. The van der Waals surface area contributed by atoms with E-state index in [1.807, 2.05) is 48.5 Å². The Labute approximate surface area is 180 Å². The first-order valence-corrected chi connectivity index (χ1v) is 9.99. The van der Waals surface area contributed by atoms with Crippen molar-refractivity contribution in [3.05, 3.63) is 94.5 Å². The van der Waals surface area contributed by atoms with Crippen LogP contribution in [-0.4, -0.2) is 18.0 Å². The van der Waals surface area contributed by atoms with E-state index < -0.39 is 23.1 Å². The molecule has 0 spiro atoms. The zero-order valence-corrected chi connectivity index (χ0v) is 16.8. The number of fused-ring (bicyclic) bond motifs is 1. The zero-order chi connectivity index (χ0) is 22.0. The number of hydrogen-bond acceptors (Lipinski definition) is 5. The molecule has 0 radical (unpaired) electrons. The second-order valence-electron chi connectivity index (χ2n) is 7.88. The molecule has 0 saturated heterocycles. The van der Waals surface area contributed by atoms with Crippen molar-refractivity contribution in [1.82, 2.24) is 4.90 Å². The van der Waals surface area contributed by atoms with Gasteiger partial charge in [0.15, 0.2) is 5.41 Å². The van der Waals surface area contributed by atoms with Gasteiger partial charge >= 0.3 is 0 Å². The molecule has 4 rings (SSSR count). The summed E-state index contributed by atoms with van der Waals surface area (Å²) in [4.78, 5) is 2.17. The lowest BCUT2D eigenvalue weighted by molar-refractivity contribution is 0.199. The van der Waals surface area contributed by atoms with Crippen LogP contribution in [0.15, 0.2) is 77.5 Å². The summed E-state index contributed by atoms with van der Waals surface area (Å²) in [5.74, 6) is -1.74. The summed E-state index contributed by atoms with van der Waals surface area (Å²) in [7, 11) is 0. The van der Waals surface area contributed by atoms with Crippen molar-refractivity contribution in [2.45, 2.75) is 12.5 Å². The highest BCUT2D eigenvalue weighted by Crippen LogP contribution is 2.54. The monoisotopic (exact) mass is 409 g/mol. The third-order valence-corrected chi connectivity index (χ3v) is 6.23. The number of benzene rings is 2. The van der Waals surface area contributed by atoms with Crippen LogP contribution < -0.4 is 5.73 Å². The van der Waals surface area contributed by atoms with E-state index >= 15 is 0 Å². The maximum absolute atomic E-state index is 14.9. The lowest BCUT2D eigenvalue weighted by Crippen LogP contribution is -2.48. The summed E-state index contributed by atoms with van der Waals surface area (Å²) in [5.41, 5.74) is 6.60. The molecule has 0 amide bonds. The van der Waals surface area contributed by atoms with Gasteiger partial charge in [-0.05, 0) is 22.8 Å². The Balaban J connectivity index is 1.87. The highest BCUT2D eigenvalue weighted by atomic mass is 19.1. The highest BCUT2D eigenvalue weighted by molar-refractivity contribution is 5.59. The van der Waals surface area contributed by atoms with Crippen molar-refractivity contribution in [1.29, 1.82) is 15.8 Å². The Morgan fingerprint density at radius 3 is 2.35 bits per heavy atom. The van der Waals surface area contributed by atoms with Gasteiger partial charge in [-0.25, -0.2) is 4.39 Å². The molecule has 2 N–H and O–H groups in total. The molecule has 1 heterocycles. The molecule has 0 aromatic heterocycles. The predicted molar refractivity (Wildman–Crippen MR) is 113 cm³/mol. The van der Waals surface area contributed by atoms with Crippen molar-refractivity contribution < 1.29 is 4.39 Å². The fourth-order valence-electron chi connectivity index (χ4n) is 4.78. The summed E-state index contributed by atoms with van der Waals surface area (Å²) in [6.07, 6.45) is 1.93. The number of nitrogens with zero attached hydrogens (tertiary/aromatic N) is 4. The van der Waals surface area contributed by atoms with Crippen LogP contribution in [0.1, 0.15) is 17.0 Å². The molecule has 2 aliphatic rings. The van der Waals surface area contributed by atoms with E-state index in [2.05, 4.69) is 11.0 Å². The number of nitriles is 3. The van der Waals surface area contributed by atoms with Crippen LogP contribution in [0.5, 0.6) is 0 Å². The standard InChI is InChI=1S/C25H20FN5/c26-22-9-5-4-8-19(22)23-21-14-31(13-17-6-2-1-3-7-17)11-10-18(21)20(12-27)24(30)25(23,15-28)16-29/h1-10,21,23H,11,13-14,30H2/t21-,23+/m0/s1. The molecule has 6 heteroatoms. The van der Waals surface area contributed by atoms with Gasteiger partial charge in [0.2, 0.25) is 0 Å². The van der Waals surface area contributed by atoms with Gasteiger partial charge < -0.3 is 5.73 Å². The van der Waals surface area contributed by atoms with E-state index in [0.29, 0.717) is 25.2 Å². The molecular formula is C25H20FN5. The van der Waals surface area contributed by atoms with Crippen molar-refractivity contribution in [2.24, 2.45) is 17.1 Å². The second-order valence-corrected chi connectivity index (χ2v) is 7.88. The first-order valence-electron chi connectivity index (χ1n) is 9.99. The molecular weight excluding hydrogens is 389 g/mol. The van der Waals surface area contributed by atoms with E-state index in [0.717, 1.165) is 5.56 Å². The Morgan fingerprint density at radius 1 is 1.03 bits per heavy atom. The van der Waals surface area contributed by atoms with Gasteiger partial charge in [0.25, 0.3) is 0 Å². The first-order chi connectivity index (χ1) is 15.1. The van der Waals surface area contributed by atoms with Crippen LogP contribution in [0.2, 0.25) is 0 Å². The fourth-order valence-corrected chi connectivity index (χ4v) is 4.78. The molecule has 0 saturated carbocycles. The molecule has 31 heavy (non-hydrogen) atoms. The highest BCUT2D eigenvalue weighted by Gasteiger charge is 2.55. The molecule has 1 aliphatic carbocycles. The molecule has 5 nitrogen and oxygen atoms in total. The maximum Gasteiger partial charge on any atom is 0.191 e. The third kappa shape index (κ3) is 3.26.